The van der Waals surface area contributed by atoms with Crippen LogP contribution in [0, 0.1) is 5.92 Å². The fraction of sp³-hybridized carbons (Fsp3) is 0.423. The normalized spacial score (nSPS) is 17.1. The van der Waals surface area contributed by atoms with Crippen molar-refractivity contribution in [2.75, 3.05) is 0 Å². The van der Waals surface area contributed by atoms with Gasteiger partial charge in [-0.1, -0.05) is 45.0 Å². The summed E-state index contributed by atoms with van der Waals surface area (Å²) >= 11 is 0. The first kappa shape index (κ1) is 24.2. The first-order valence-electron chi connectivity index (χ1n) is 11.6. The molecule has 0 radical (unpaired) electrons. The summed E-state index contributed by atoms with van der Waals surface area (Å²) in [5, 5.41) is 17.1. The monoisotopic (exact) mass is 480 g/mol. The van der Waals surface area contributed by atoms with Crippen molar-refractivity contribution < 1.29 is 23.5 Å². The molecule has 0 saturated heterocycles. The van der Waals surface area contributed by atoms with Gasteiger partial charge >= 0.3 is 11.9 Å². The molecule has 2 unspecified atom stereocenters. The van der Waals surface area contributed by atoms with Crippen molar-refractivity contribution in [3.8, 4) is 11.5 Å². The highest BCUT2D eigenvalue weighted by atomic mass is 28.4. The standard InChI is InChI=1S/C26H32N2O5Si/c1-26(2,3)34(4,5)33-22(23-27-28-24(32-23)25(29)30)19-12-11-18-16-21(14-13-17(18)15-19)31-20-9-7-6-8-10-20/h6-10,13-14,16,19,22H,11-12,15H2,1-5H3,(H,29,30). The van der Waals surface area contributed by atoms with Crippen LogP contribution in [0.2, 0.25) is 18.1 Å². The number of fused-ring (bicyclic) bond motifs is 1. The molecule has 1 aliphatic carbocycles. The van der Waals surface area contributed by atoms with E-state index in [0.717, 1.165) is 30.8 Å². The van der Waals surface area contributed by atoms with Gasteiger partial charge < -0.3 is 18.7 Å². The minimum atomic E-state index is -2.19. The summed E-state index contributed by atoms with van der Waals surface area (Å²) in [4.78, 5) is 11.3. The molecular weight excluding hydrogens is 448 g/mol. The molecule has 7 nitrogen and oxygen atoms in total. The highest BCUT2D eigenvalue weighted by Gasteiger charge is 2.43. The molecule has 3 aromatic rings. The van der Waals surface area contributed by atoms with E-state index < -0.39 is 26.3 Å². The number of ether oxygens (including phenoxy) is 1. The molecule has 2 aromatic carbocycles. The third-order valence-electron chi connectivity index (χ3n) is 6.95. The number of para-hydroxylation sites is 1. The molecule has 8 heteroatoms. The zero-order valence-corrected chi connectivity index (χ0v) is 21.4. The second kappa shape index (κ2) is 9.35. The summed E-state index contributed by atoms with van der Waals surface area (Å²) in [6.45, 7) is 10.9. The van der Waals surface area contributed by atoms with Crippen LogP contribution >= 0.6 is 0 Å². The van der Waals surface area contributed by atoms with E-state index in [-0.39, 0.29) is 16.8 Å². The van der Waals surface area contributed by atoms with Gasteiger partial charge in [-0.05, 0) is 78.7 Å². The molecule has 1 N–H and O–H groups in total. The molecule has 34 heavy (non-hydrogen) atoms. The first-order valence-corrected chi connectivity index (χ1v) is 14.5. The zero-order valence-electron chi connectivity index (χ0n) is 20.4. The minimum Gasteiger partial charge on any atom is -0.474 e. The van der Waals surface area contributed by atoms with Crippen molar-refractivity contribution >= 4 is 14.3 Å². The molecule has 0 spiro atoms. The van der Waals surface area contributed by atoms with E-state index in [1.54, 1.807) is 0 Å². The molecule has 0 fully saturated rings. The van der Waals surface area contributed by atoms with Crippen LogP contribution in [-0.2, 0) is 17.3 Å². The van der Waals surface area contributed by atoms with Crippen LogP contribution < -0.4 is 4.74 Å². The SMILES string of the molecule is CC(C)(C)[Si](C)(C)OC(c1nnc(C(=O)O)o1)C1CCc2cc(Oc3ccccc3)ccc2C1. The summed E-state index contributed by atoms with van der Waals surface area (Å²) in [6, 6.07) is 16.0. The van der Waals surface area contributed by atoms with Gasteiger partial charge in [0.25, 0.3) is 0 Å². The van der Waals surface area contributed by atoms with Gasteiger partial charge in [-0.2, -0.15) is 0 Å². The number of aromatic carboxylic acids is 1. The summed E-state index contributed by atoms with van der Waals surface area (Å²) in [5.74, 6) is 0.344. The molecular formula is C26H32N2O5Si. The van der Waals surface area contributed by atoms with E-state index in [1.165, 1.54) is 11.1 Å². The molecule has 4 rings (SSSR count). The fourth-order valence-corrected chi connectivity index (χ4v) is 5.27. The Hall–Kier alpha value is -2.97. The second-order valence-electron chi connectivity index (χ2n) is 10.4. The number of carboxylic acids is 1. The maximum absolute atomic E-state index is 11.3. The third kappa shape index (κ3) is 5.23. The summed E-state index contributed by atoms with van der Waals surface area (Å²) in [7, 11) is -2.19. The average Bonchev–Trinajstić information content (AvgIpc) is 3.28. The van der Waals surface area contributed by atoms with Crippen LogP contribution in [0.3, 0.4) is 0 Å². The highest BCUT2D eigenvalue weighted by molar-refractivity contribution is 6.74. The summed E-state index contributed by atoms with van der Waals surface area (Å²) < 4.78 is 18.3. The van der Waals surface area contributed by atoms with E-state index in [4.69, 9.17) is 13.6 Å². The lowest BCUT2D eigenvalue weighted by Crippen LogP contribution is -2.43. The van der Waals surface area contributed by atoms with Crippen LogP contribution in [0.25, 0.3) is 0 Å². The Morgan fingerprint density at radius 1 is 1.09 bits per heavy atom. The lowest BCUT2D eigenvalue weighted by atomic mass is 9.81. The topological polar surface area (TPSA) is 94.7 Å². The Balaban J connectivity index is 1.58. The predicted molar refractivity (Wildman–Crippen MR) is 131 cm³/mol. The molecule has 1 aliphatic rings. The fourth-order valence-electron chi connectivity index (χ4n) is 3.98. The van der Waals surface area contributed by atoms with Crippen molar-refractivity contribution in [3.63, 3.8) is 0 Å². The van der Waals surface area contributed by atoms with Crippen molar-refractivity contribution in [2.45, 2.75) is 64.3 Å². The largest absolute Gasteiger partial charge is 0.474 e. The van der Waals surface area contributed by atoms with Crippen LogP contribution in [0.5, 0.6) is 11.5 Å². The molecule has 0 aliphatic heterocycles. The average molecular weight is 481 g/mol. The molecule has 2 atom stereocenters. The van der Waals surface area contributed by atoms with Gasteiger partial charge in [0, 0.05) is 0 Å². The molecule has 0 amide bonds. The first-order chi connectivity index (χ1) is 16.0. The van der Waals surface area contributed by atoms with Crippen LogP contribution in [0.1, 0.15) is 61.0 Å². The Bertz CT molecular complexity index is 1150. The molecule has 0 bridgehead atoms. The number of hydrogen-bond donors (Lipinski definition) is 1. The third-order valence-corrected chi connectivity index (χ3v) is 11.4. The lowest BCUT2D eigenvalue weighted by Gasteiger charge is -2.41. The van der Waals surface area contributed by atoms with Gasteiger partial charge in [0.15, 0.2) is 8.32 Å². The van der Waals surface area contributed by atoms with E-state index in [9.17, 15) is 9.90 Å². The van der Waals surface area contributed by atoms with E-state index in [0.29, 0.717) is 0 Å². The molecule has 1 aromatic heterocycles. The lowest BCUT2D eigenvalue weighted by molar-refractivity contribution is 0.0615. The predicted octanol–water partition coefficient (Wildman–Crippen LogP) is 6.43. The van der Waals surface area contributed by atoms with E-state index >= 15 is 0 Å². The Morgan fingerprint density at radius 3 is 2.47 bits per heavy atom. The summed E-state index contributed by atoms with van der Waals surface area (Å²) in [6.07, 6.45) is 2.06. The number of hydrogen-bond acceptors (Lipinski definition) is 6. The molecule has 1 heterocycles. The van der Waals surface area contributed by atoms with E-state index in [1.807, 2.05) is 36.4 Å². The van der Waals surface area contributed by atoms with Gasteiger partial charge in [-0.15, -0.1) is 10.2 Å². The van der Waals surface area contributed by atoms with Gasteiger partial charge in [-0.3, -0.25) is 0 Å². The van der Waals surface area contributed by atoms with Gasteiger partial charge in [0.2, 0.25) is 5.89 Å². The summed E-state index contributed by atoms with van der Waals surface area (Å²) in [5.41, 5.74) is 2.49. The number of carbonyl (C=O) groups is 1. The molecule has 180 valence electrons. The Morgan fingerprint density at radius 2 is 1.82 bits per heavy atom. The number of benzene rings is 2. The number of aromatic nitrogens is 2. The maximum atomic E-state index is 11.3. The van der Waals surface area contributed by atoms with Gasteiger partial charge in [0.05, 0.1) is 0 Å². The highest BCUT2D eigenvalue weighted by Crippen LogP contribution is 2.44. The second-order valence-corrected chi connectivity index (χ2v) is 15.2. The number of rotatable bonds is 7. The van der Waals surface area contributed by atoms with E-state index in [2.05, 4.69) is 56.2 Å². The van der Waals surface area contributed by atoms with Crippen LogP contribution in [0.15, 0.2) is 52.9 Å². The number of aryl methyl sites for hydroxylation is 1. The van der Waals surface area contributed by atoms with Crippen molar-refractivity contribution in [1.82, 2.24) is 10.2 Å². The van der Waals surface area contributed by atoms with Crippen molar-refractivity contribution in [3.05, 3.63) is 71.4 Å². The van der Waals surface area contributed by atoms with Gasteiger partial charge in [0.1, 0.15) is 17.6 Å². The van der Waals surface area contributed by atoms with Gasteiger partial charge in [-0.25, -0.2) is 4.79 Å². The maximum Gasteiger partial charge on any atom is 0.393 e. The smallest absolute Gasteiger partial charge is 0.393 e. The van der Waals surface area contributed by atoms with Crippen LogP contribution in [-0.4, -0.2) is 29.6 Å². The van der Waals surface area contributed by atoms with Crippen LogP contribution in [0.4, 0.5) is 0 Å². The van der Waals surface area contributed by atoms with Crippen molar-refractivity contribution in [1.29, 1.82) is 0 Å². The Kier molecular flexibility index (Phi) is 6.64. The quantitative estimate of drug-likeness (QED) is 0.389. The Labute approximate surface area is 201 Å². The zero-order chi connectivity index (χ0) is 24.5. The number of carboxylic acid groups (broad SMARTS) is 1. The number of nitrogens with zero attached hydrogens (tertiary/aromatic N) is 2. The molecule has 0 saturated carbocycles. The minimum absolute atomic E-state index is 0.0167. The van der Waals surface area contributed by atoms with Crippen molar-refractivity contribution in [2.24, 2.45) is 5.92 Å².